The van der Waals surface area contributed by atoms with Crippen LogP contribution < -0.4 is 10.1 Å². The van der Waals surface area contributed by atoms with Gasteiger partial charge in [0.05, 0.1) is 5.02 Å². The molecule has 1 unspecified atom stereocenters. The summed E-state index contributed by atoms with van der Waals surface area (Å²) in [5.41, 5.74) is -1.42. The summed E-state index contributed by atoms with van der Waals surface area (Å²) < 4.78 is 18.2. The fourth-order valence-corrected chi connectivity index (χ4v) is 1.49. The first kappa shape index (κ1) is 16.2. The second-order valence-corrected chi connectivity index (χ2v) is 5.16. The minimum Gasteiger partial charge on any atom is -0.480 e. The lowest BCUT2D eigenvalue weighted by Gasteiger charge is -2.24. The molecule has 20 heavy (non-hydrogen) atoms. The van der Waals surface area contributed by atoms with Gasteiger partial charge in [-0.25, -0.2) is 9.18 Å². The van der Waals surface area contributed by atoms with E-state index >= 15 is 0 Å². The summed E-state index contributed by atoms with van der Waals surface area (Å²) in [6.07, 6.45) is -0.975. The van der Waals surface area contributed by atoms with Gasteiger partial charge in [-0.05, 0) is 39.0 Å². The monoisotopic (exact) mass is 303 g/mol. The summed E-state index contributed by atoms with van der Waals surface area (Å²) >= 11 is 5.77. The van der Waals surface area contributed by atoms with Gasteiger partial charge in [-0.15, -0.1) is 0 Å². The molecule has 0 fully saturated rings. The van der Waals surface area contributed by atoms with Crippen molar-refractivity contribution in [1.29, 1.82) is 0 Å². The van der Waals surface area contributed by atoms with Crippen LogP contribution in [-0.2, 0) is 9.59 Å². The minimum atomic E-state index is -1.42. The fourth-order valence-electron chi connectivity index (χ4n) is 1.28. The maximum absolute atomic E-state index is 12.9. The molecular formula is C13H15ClFNO4. The summed E-state index contributed by atoms with van der Waals surface area (Å²) in [5, 5.41) is 11.3. The molecule has 1 rings (SSSR count). The maximum Gasteiger partial charge on any atom is 0.328 e. The second-order valence-electron chi connectivity index (χ2n) is 4.75. The maximum atomic E-state index is 12.9. The minimum absolute atomic E-state index is 0.0298. The van der Waals surface area contributed by atoms with Crippen LogP contribution in [0.3, 0.4) is 0 Å². The first-order chi connectivity index (χ1) is 9.13. The van der Waals surface area contributed by atoms with Crippen molar-refractivity contribution >= 4 is 23.5 Å². The van der Waals surface area contributed by atoms with E-state index in [1.807, 2.05) is 0 Å². The van der Waals surface area contributed by atoms with Crippen molar-refractivity contribution in [3.8, 4) is 5.75 Å². The number of nitrogens with one attached hydrogen (secondary N) is 1. The van der Waals surface area contributed by atoms with Crippen LogP contribution in [-0.4, -0.2) is 28.6 Å². The third-order valence-corrected chi connectivity index (χ3v) is 2.83. The highest BCUT2D eigenvalue weighted by Crippen LogP contribution is 2.25. The van der Waals surface area contributed by atoms with E-state index in [0.29, 0.717) is 0 Å². The number of carboxylic acid groups (broad SMARTS) is 1. The SMILES string of the molecule is CC(Oc1ccc(F)cc1Cl)C(=O)NC(C)(C)C(=O)O. The zero-order chi connectivity index (χ0) is 15.5. The summed E-state index contributed by atoms with van der Waals surface area (Å²) in [6.45, 7) is 4.14. The Morgan fingerprint density at radius 2 is 2.05 bits per heavy atom. The van der Waals surface area contributed by atoms with E-state index in [0.717, 1.165) is 12.1 Å². The highest BCUT2D eigenvalue weighted by atomic mass is 35.5. The topological polar surface area (TPSA) is 75.6 Å². The molecule has 5 nitrogen and oxygen atoms in total. The summed E-state index contributed by atoms with van der Waals surface area (Å²) in [4.78, 5) is 22.7. The number of hydrogen-bond acceptors (Lipinski definition) is 3. The van der Waals surface area contributed by atoms with Gasteiger partial charge in [0.2, 0.25) is 0 Å². The van der Waals surface area contributed by atoms with Crippen LogP contribution in [0.2, 0.25) is 5.02 Å². The third kappa shape index (κ3) is 4.09. The van der Waals surface area contributed by atoms with Crippen molar-refractivity contribution in [2.45, 2.75) is 32.4 Å². The Morgan fingerprint density at radius 1 is 1.45 bits per heavy atom. The van der Waals surface area contributed by atoms with Crippen molar-refractivity contribution in [1.82, 2.24) is 5.32 Å². The molecule has 0 aliphatic heterocycles. The van der Waals surface area contributed by atoms with Gasteiger partial charge in [0.25, 0.3) is 5.91 Å². The van der Waals surface area contributed by atoms with Crippen molar-refractivity contribution in [2.24, 2.45) is 0 Å². The largest absolute Gasteiger partial charge is 0.480 e. The van der Waals surface area contributed by atoms with Gasteiger partial charge in [0.1, 0.15) is 17.1 Å². The van der Waals surface area contributed by atoms with E-state index in [1.54, 1.807) is 0 Å². The zero-order valence-electron chi connectivity index (χ0n) is 11.2. The molecule has 110 valence electrons. The molecule has 0 heterocycles. The van der Waals surface area contributed by atoms with E-state index in [9.17, 15) is 14.0 Å². The lowest BCUT2D eigenvalue weighted by molar-refractivity contribution is -0.147. The number of hydrogen-bond donors (Lipinski definition) is 2. The Bertz CT molecular complexity index is 533. The number of benzene rings is 1. The van der Waals surface area contributed by atoms with Gasteiger partial charge in [0.15, 0.2) is 6.10 Å². The van der Waals surface area contributed by atoms with E-state index in [4.69, 9.17) is 21.4 Å². The van der Waals surface area contributed by atoms with Crippen molar-refractivity contribution < 1.29 is 23.8 Å². The fraction of sp³-hybridized carbons (Fsp3) is 0.385. The molecule has 0 spiro atoms. The van der Waals surface area contributed by atoms with Crippen LogP contribution in [0.1, 0.15) is 20.8 Å². The van der Waals surface area contributed by atoms with Crippen LogP contribution in [0.4, 0.5) is 4.39 Å². The van der Waals surface area contributed by atoms with E-state index in [-0.39, 0.29) is 10.8 Å². The molecule has 0 aliphatic rings. The summed E-state index contributed by atoms with van der Waals surface area (Å²) in [6, 6.07) is 3.50. The molecule has 0 aliphatic carbocycles. The number of carbonyl (C=O) groups excluding carboxylic acids is 1. The molecule has 0 radical (unpaired) electrons. The van der Waals surface area contributed by atoms with Gasteiger partial charge in [-0.3, -0.25) is 4.79 Å². The Labute approximate surface area is 120 Å². The molecule has 0 bridgehead atoms. The molecule has 1 amide bonds. The first-order valence-corrected chi connectivity index (χ1v) is 6.18. The summed E-state index contributed by atoms with van der Waals surface area (Å²) in [5.74, 6) is -2.16. The smallest absolute Gasteiger partial charge is 0.328 e. The Hall–Kier alpha value is -1.82. The van der Waals surface area contributed by atoms with Crippen LogP contribution in [0.15, 0.2) is 18.2 Å². The summed E-state index contributed by atoms with van der Waals surface area (Å²) in [7, 11) is 0. The Morgan fingerprint density at radius 3 is 2.55 bits per heavy atom. The van der Waals surface area contributed by atoms with E-state index < -0.39 is 29.3 Å². The van der Waals surface area contributed by atoms with Gasteiger partial charge in [0, 0.05) is 0 Å². The molecule has 1 atom stereocenters. The lowest BCUT2D eigenvalue weighted by Crippen LogP contribution is -2.53. The van der Waals surface area contributed by atoms with Crippen LogP contribution in [0.5, 0.6) is 5.75 Å². The van der Waals surface area contributed by atoms with Gasteiger partial charge < -0.3 is 15.2 Å². The average Bonchev–Trinajstić information content (AvgIpc) is 2.31. The molecule has 0 saturated carbocycles. The highest BCUT2D eigenvalue weighted by molar-refractivity contribution is 6.32. The quantitative estimate of drug-likeness (QED) is 0.874. The van der Waals surface area contributed by atoms with Gasteiger partial charge in [-0.2, -0.15) is 0 Å². The number of carbonyl (C=O) groups is 2. The first-order valence-electron chi connectivity index (χ1n) is 5.80. The molecule has 0 saturated heterocycles. The molecule has 0 aromatic heterocycles. The van der Waals surface area contributed by atoms with Crippen LogP contribution >= 0.6 is 11.6 Å². The van der Waals surface area contributed by atoms with Crippen LogP contribution in [0.25, 0.3) is 0 Å². The number of halogens is 2. The molecule has 2 N–H and O–H groups in total. The normalized spacial score (nSPS) is 12.7. The molecule has 1 aromatic carbocycles. The molecule has 7 heteroatoms. The van der Waals surface area contributed by atoms with Crippen molar-refractivity contribution in [3.05, 3.63) is 29.0 Å². The number of aliphatic carboxylic acids is 1. The number of carboxylic acids is 1. The second kappa shape index (κ2) is 6.09. The van der Waals surface area contributed by atoms with Crippen LogP contribution in [0, 0.1) is 5.82 Å². The number of ether oxygens (including phenoxy) is 1. The average molecular weight is 304 g/mol. The van der Waals surface area contributed by atoms with Crippen molar-refractivity contribution in [2.75, 3.05) is 0 Å². The van der Waals surface area contributed by atoms with Gasteiger partial charge in [-0.1, -0.05) is 11.6 Å². The predicted octanol–water partition coefficient (Wildman–Crippen LogP) is 2.23. The zero-order valence-corrected chi connectivity index (χ0v) is 12.0. The van der Waals surface area contributed by atoms with Crippen molar-refractivity contribution in [3.63, 3.8) is 0 Å². The van der Waals surface area contributed by atoms with E-state index in [1.165, 1.54) is 26.8 Å². The standard InChI is InChI=1S/C13H15ClFNO4/c1-7(11(17)16-13(2,3)12(18)19)20-10-5-4-8(15)6-9(10)14/h4-7H,1-3H3,(H,16,17)(H,18,19). The molecular weight excluding hydrogens is 289 g/mol. The Balaban J connectivity index is 2.73. The number of amides is 1. The molecule has 1 aromatic rings. The highest BCUT2D eigenvalue weighted by Gasteiger charge is 2.31. The number of rotatable bonds is 5. The van der Waals surface area contributed by atoms with E-state index in [2.05, 4.69) is 5.32 Å². The van der Waals surface area contributed by atoms with Gasteiger partial charge >= 0.3 is 5.97 Å². The lowest BCUT2D eigenvalue weighted by atomic mass is 10.1. The third-order valence-electron chi connectivity index (χ3n) is 2.54. The Kier molecular flexibility index (Phi) is 4.94. The predicted molar refractivity (Wildman–Crippen MR) is 71.4 cm³/mol.